The summed E-state index contributed by atoms with van der Waals surface area (Å²) in [5.41, 5.74) is 0.866. The van der Waals surface area contributed by atoms with Gasteiger partial charge in [0.2, 0.25) is 11.8 Å². The van der Waals surface area contributed by atoms with Gasteiger partial charge in [0.15, 0.2) is 0 Å². The molecule has 7 heteroatoms. The molecule has 0 atom stereocenters. The first kappa shape index (κ1) is 14.3. The van der Waals surface area contributed by atoms with Gasteiger partial charge in [-0.15, -0.1) is 0 Å². The first-order valence-electron chi connectivity index (χ1n) is 6.42. The predicted octanol–water partition coefficient (Wildman–Crippen LogP) is 0.816. The van der Waals surface area contributed by atoms with Crippen LogP contribution in [0.1, 0.15) is 35.2 Å². The van der Waals surface area contributed by atoms with Gasteiger partial charge in [0, 0.05) is 19.2 Å². The number of unbranched alkanes of at least 4 members (excludes halogenated alkanes) is 1. The highest BCUT2D eigenvalue weighted by Crippen LogP contribution is 2.31. The molecule has 1 amide bonds. The molecule has 2 heterocycles. The van der Waals surface area contributed by atoms with E-state index in [0.29, 0.717) is 31.2 Å². The summed E-state index contributed by atoms with van der Waals surface area (Å²) in [6.45, 7) is 0.323. The molecule has 0 fully saturated rings. The number of nitrogens with zero attached hydrogens (tertiary/aromatic N) is 1. The van der Waals surface area contributed by atoms with Gasteiger partial charge in [0.25, 0.3) is 0 Å². The second kappa shape index (κ2) is 6.33. The summed E-state index contributed by atoms with van der Waals surface area (Å²) >= 11 is 0. The molecule has 0 radical (unpaired) electrons. The lowest BCUT2D eigenvalue weighted by Gasteiger charge is -2.20. The van der Waals surface area contributed by atoms with E-state index in [-0.39, 0.29) is 36.3 Å². The maximum Gasteiger partial charge on any atom is 0.343 e. The van der Waals surface area contributed by atoms with Crippen molar-refractivity contribution in [3.63, 3.8) is 0 Å². The van der Waals surface area contributed by atoms with E-state index in [2.05, 4.69) is 10.3 Å². The number of hydrogen-bond acceptors (Lipinski definition) is 5. The van der Waals surface area contributed by atoms with E-state index in [0.717, 1.165) is 0 Å². The quantitative estimate of drug-likeness (QED) is 0.665. The van der Waals surface area contributed by atoms with E-state index in [1.807, 2.05) is 0 Å². The zero-order valence-electron chi connectivity index (χ0n) is 10.9. The summed E-state index contributed by atoms with van der Waals surface area (Å²) in [5, 5.41) is 20.6. The molecular weight excluding hydrogens is 264 g/mol. The zero-order chi connectivity index (χ0) is 14.5. The van der Waals surface area contributed by atoms with Gasteiger partial charge < -0.3 is 20.3 Å². The fourth-order valence-electron chi connectivity index (χ4n) is 2.01. The molecule has 1 aromatic heterocycles. The van der Waals surface area contributed by atoms with Crippen LogP contribution in [-0.4, -0.2) is 40.3 Å². The largest absolute Gasteiger partial charge is 0.477 e. The third-order valence-electron chi connectivity index (χ3n) is 3.01. The third kappa shape index (κ3) is 3.05. The highest BCUT2D eigenvalue weighted by atomic mass is 16.5. The number of carbonyl (C=O) groups is 2. The summed E-state index contributed by atoms with van der Waals surface area (Å²) in [4.78, 5) is 26.8. The van der Waals surface area contributed by atoms with Crippen LogP contribution < -0.4 is 10.1 Å². The van der Waals surface area contributed by atoms with Crippen molar-refractivity contribution in [2.24, 2.45) is 0 Å². The van der Waals surface area contributed by atoms with Crippen LogP contribution in [-0.2, 0) is 11.2 Å². The number of ether oxygens (including phenoxy) is 1. The Morgan fingerprint density at radius 3 is 2.90 bits per heavy atom. The van der Waals surface area contributed by atoms with E-state index in [9.17, 15) is 14.7 Å². The number of carboxylic acids is 1. The molecule has 0 spiro atoms. The number of fused-ring (bicyclic) bond motifs is 1. The number of aromatic carboxylic acids is 1. The maximum atomic E-state index is 11.4. The SMILES string of the molecule is O=C1CCc2cnc(OCCCCO)c(C(=O)O)c2N1. The van der Waals surface area contributed by atoms with E-state index in [1.54, 1.807) is 0 Å². The molecule has 0 saturated carbocycles. The molecular formula is C13H16N2O5. The molecule has 0 aliphatic carbocycles. The Morgan fingerprint density at radius 1 is 1.40 bits per heavy atom. The summed E-state index contributed by atoms with van der Waals surface area (Å²) < 4.78 is 5.35. The number of aliphatic hydroxyl groups excluding tert-OH is 1. The van der Waals surface area contributed by atoms with E-state index >= 15 is 0 Å². The Bertz CT molecular complexity index is 530. The molecule has 0 aromatic carbocycles. The molecule has 1 aliphatic heterocycles. The Kier molecular flexibility index (Phi) is 4.52. The second-order valence-electron chi connectivity index (χ2n) is 4.47. The number of carbonyl (C=O) groups excluding carboxylic acids is 1. The van der Waals surface area contributed by atoms with E-state index < -0.39 is 5.97 Å². The van der Waals surface area contributed by atoms with Crippen molar-refractivity contribution in [3.05, 3.63) is 17.3 Å². The van der Waals surface area contributed by atoms with Crippen LogP contribution in [0.5, 0.6) is 5.88 Å². The Balaban J connectivity index is 2.26. The van der Waals surface area contributed by atoms with Crippen molar-refractivity contribution < 1.29 is 24.5 Å². The normalized spacial score (nSPS) is 13.6. The second-order valence-corrected chi connectivity index (χ2v) is 4.47. The van der Waals surface area contributed by atoms with Crippen molar-refractivity contribution in [2.45, 2.75) is 25.7 Å². The Hall–Kier alpha value is -2.15. The lowest BCUT2D eigenvalue weighted by Crippen LogP contribution is -2.22. The minimum Gasteiger partial charge on any atom is -0.477 e. The van der Waals surface area contributed by atoms with Gasteiger partial charge in [-0.3, -0.25) is 4.79 Å². The molecule has 20 heavy (non-hydrogen) atoms. The molecule has 108 valence electrons. The number of amides is 1. The summed E-state index contributed by atoms with van der Waals surface area (Å²) in [5.74, 6) is -1.40. The van der Waals surface area contributed by atoms with E-state index in [4.69, 9.17) is 9.84 Å². The van der Waals surface area contributed by atoms with Gasteiger partial charge in [-0.2, -0.15) is 0 Å². The van der Waals surface area contributed by atoms with Crippen molar-refractivity contribution in [2.75, 3.05) is 18.5 Å². The molecule has 1 aliphatic rings. The molecule has 2 rings (SSSR count). The van der Waals surface area contributed by atoms with Crippen LogP contribution in [0.25, 0.3) is 0 Å². The van der Waals surface area contributed by atoms with Crippen LogP contribution in [0, 0.1) is 0 Å². The topological polar surface area (TPSA) is 109 Å². The molecule has 0 bridgehead atoms. The fraction of sp³-hybridized carbons (Fsp3) is 0.462. The molecule has 0 unspecified atom stereocenters. The Morgan fingerprint density at radius 2 is 2.20 bits per heavy atom. The Labute approximate surface area is 115 Å². The number of aromatic nitrogens is 1. The number of aryl methyl sites for hydroxylation is 1. The lowest BCUT2D eigenvalue weighted by atomic mass is 10.0. The highest BCUT2D eigenvalue weighted by molar-refractivity contribution is 6.04. The van der Waals surface area contributed by atoms with Crippen LogP contribution >= 0.6 is 0 Å². The van der Waals surface area contributed by atoms with Crippen LogP contribution in [0.15, 0.2) is 6.20 Å². The van der Waals surface area contributed by atoms with Crippen LogP contribution in [0.4, 0.5) is 5.69 Å². The summed E-state index contributed by atoms with van der Waals surface area (Å²) in [6.07, 6.45) is 3.50. The average molecular weight is 280 g/mol. The molecule has 1 aromatic rings. The maximum absolute atomic E-state index is 11.4. The molecule has 0 saturated heterocycles. The van der Waals surface area contributed by atoms with Gasteiger partial charge >= 0.3 is 5.97 Å². The van der Waals surface area contributed by atoms with Gasteiger partial charge in [0.05, 0.1) is 12.3 Å². The number of aliphatic hydroxyl groups is 1. The third-order valence-corrected chi connectivity index (χ3v) is 3.01. The van der Waals surface area contributed by atoms with Gasteiger partial charge in [-0.1, -0.05) is 0 Å². The van der Waals surface area contributed by atoms with E-state index in [1.165, 1.54) is 6.20 Å². The fourth-order valence-corrected chi connectivity index (χ4v) is 2.01. The first-order valence-corrected chi connectivity index (χ1v) is 6.42. The molecule has 3 N–H and O–H groups in total. The number of rotatable bonds is 6. The van der Waals surface area contributed by atoms with Crippen molar-refractivity contribution in [1.29, 1.82) is 0 Å². The number of nitrogens with one attached hydrogen (secondary N) is 1. The zero-order valence-corrected chi connectivity index (χ0v) is 10.9. The van der Waals surface area contributed by atoms with Gasteiger partial charge in [0.1, 0.15) is 5.56 Å². The standard InChI is InChI=1S/C13H16N2O5/c16-5-1-2-6-20-12-10(13(18)19)11-8(7-14-12)3-4-9(17)15-11/h7,16H,1-6H2,(H,15,17)(H,18,19). The predicted molar refractivity (Wildman–Crippen MR) is 70.0 cm³/mol. The van der Waals surface area contributed by atoms with Crippen molar-refractivity contribution in [1.82, 2.24) is 4.98 Å². The number of anilines is 1. The first-order chi connectivity index (χ1) is 9.63. The minimum absolute atomic E-state index is 0.00334. The van der Waals surface area contributed by atoms with Gasteiger partial charge in [-0.05, 0) is 24.8 Å². The van der Waals surface area contributed by atoms with Crippen molar-refractivity contribution >= 4 is 17.6 Å². The van der Waals surface area contributed by atoms with Crippen LogP contribution in [0.3, 0.4) is 0 Å². The average Bonchev–Trinajstić information content (AvgIpc) is 2.42. The summed E-state index contributed by atoms with van der Waals surface area (Å²) in [6, 6.07) is 0. The minimum atomic E-state index is -1.19. The smallest absolute Gasteiger partial charge is 0.343 e. The number of carboxylic acid groups (broad SMARTS) is 1. The van der Waals surface area contributed by atoms with Crippen LogP contribution in [0.2, 0.25) is 0 Å². The summed E-state index contributed by atoms with van der Waals surface area (Å²) in [7, 11) is 0. The van der Waals surface area contributed by atoms with Crippen molar-refractivity contribution in [3.8, 4) is 5.88 Å². The number of hydrogen-bond donors (Lipinski definition) is 3. The van der Waals surface area contributed by atoms with Gasteiger partial charge in [-0.25, -0.2) is 9.78 Å². The highest BCUT2D eigenvalue weighted by Gasteiger charge is 2.26. The molecule has 7 nitrogen and oxygen atoms in total. The monoisotopic (exact) mass is 280 g/mol. The number of pyridine rings is 1. The lowest BCUT2D eigenvalue weighted by molar-refractivity contribution is -0.116.